The van der Waals surface area contributed by atoms with E-state index in [2.05, 4.69) is 524 Å². The fraction of sp³-hybridized carbons (Fsp3) is 0.970. The standard InChI is InChI=1S/C20H46GeN3O2.2C14H28GeO2.C14H30O2.C8H24GeN4.C4H10Te.2C4H9Te.C4H7.C2H7N.5C2H6N.2CH3Te.4Sb.2HTe.2Te/c1-15(2)20(8,25)18(5)16(3)17(4)19(6,7)26-21(22(9)10,23(11)12)24(13)14;2*1-9(2)14(8,16)12(5)10(3)11(4)13(6,7)17-15;1-9(2)14(8,16)12(5)10(3)11(4)13(6,7)15;1-10(2)9(11(3)4,12(5)6)13(7)8;3*1-4(2,3)5;1-4(2)3;6*1-3-2;2*1-2;;;;;;;;/h15-18H,1-14H3;2*9-12H,1-8H3;9-12,15-16H,1-8H3;1-8H3;5H,1-3H3;2*1-3H3;1-2H2,3H3;3H,1-2H3;5*1-2H3;2*1H3;;;;;2*1H;;/q3*-1;;;;;;-1;;5*-1;;;2*+1;2*+3;;;;. The van der Waals surface area contributed by atoms with Crippen LogP contribution in [0.3, 0.4) is 0 Å². The van der Waals surface area contributed by atoms with Gasteiger partial charge in [0.2, 0.25) is 0 Å². The summed E-state index contributed by atoms with van der Waals surface area (Å²) in [4.78, 5) is 4.02. The number of hydrogen-bond acceptors (Lipinski definition) is 21. The van der Waals surface area contributed by atoms with Crippen molar-refractivity contribution in [1.29, 1.82) is 0 Å². The van der Waals surface area contributed by atoms with Crippen LogP contribution in [0.4, 0.5) is 0 Å². The van der Waals surface area contributed by atoms with E-state index >= 15 is 0 Å². The van der Waals surface area contributed by atoms with Crippen LogP contribution in [0.5, 0.6) is 0 Å². The number of nitrogens with one attached hydrogen (secondary N) is 1. The first-order chi connectivity index (χ1) is 59.1. The van der Waals surface area contributed by atoms with Gasteiger partial charge in [-0.15, -0.1) is 0 Å². The van der Waals surface area contributed by atoms with Gasteiger partial charge in [0.1, 0.15) is 0 Å². The summed E-state index contributed by atoms with van der Waals surface area (Å²) in [6, 6.07) is 0. The minimum absolute atomic E-state index is 0. The molecule has 21 nitrogen and oxygen atoms in total. The smallest absolute Gasteiger partial charge is 0 e. The van der Waals surface area contributed by atoms with Crippen LogP contribution in [0, 0.1) is 102 Å². The summed E-state index contributed by atoms with van der Waals surface area (Å²) in [5, 5.41) is 23.2. The van der Waals surface area contributed by atoms with Crippen molar-refractivity contribution in [2.75, 3.05) is 183 Å². The maximum Gasteiger partial charge on any atom is 0 e. The van der Waals surface area contributed by atoms with E-state index in [0.29, 0.717) is 81.4 Å². The third-order valence-corrected chi connectivity index (χ3v) is 61.6. The fourth-order valence-corrected chi connectivity index (χ4v) is 47.6. The summed E-state index contributed by atoms with van der Waals surface area (Å²) >= 11 is 7.51. The average molecular weight is 3670 g/mol. The second-order valence-electron chi connectivity index (χ2n) is 46.2. The molecule has 0 aliphatic rings. The number of rotatable bonds is 40. The predicted molar refractivity (Wildman–Crippen MR) is 642 cm³/mol. The average Bonchev–Trinajstić information content (AvgIpc) is 0.763. The SMILES string of the molecule is C=C([CH2-])C.CC(C(C)C(C)(C)O)C(C)C(C)(O)C(C)C.CC(C(C)C(C)(C)[O][Ge]([N](C)C)([N](C)C)[N](C)C)C(C)C(C)([O][Sb]([N](C)C)[N](C)C)C(C)C.CC(C(C)C(C)(C)[O][Ge])C(C)C(C)([O][Sb])C(C)C.CC(C(C)C(C)(C)[O][Ge])C(C)C(C)([O][Sb])C(C)C.CC(C)(C)[TeH].CC(C)(C)[Te].CC(C)(C)[Te].CNC.C[N](C)[Ge]([N](C)C)([N](C)C)[N](C)C.C[N](C)[Sb]([N](C)C)[N](C)C.C[Te].C[Te].[TeH].[TeH].[Te].[Te]. The molecule has 0 fully saturated rings. The van der Waals surface area contributed by atoms with Crippen molar-refractivity contribution >= 4 is 357 Å². The molecular formula is C100H236Ge4N13O8Sb4Te9-. The Hall–Kier alpha value is 11.3. The monoisotopic (exact) mass is 3700 g/mol. The molecule has 0 aliphatic heterocycles. The van der Waals surface area contributed by atoms with Gasteiger partial charge in [0.25, 0.3) is 0 Å². The third-order valence-electron chi connectivity index (χ3n) is 26.5. The molecule has 0 aromatic heterocycles. The van der Waals surface area contributed by atoms with E-state index in [1.807, 2.05) is 132 Å². The second kappa shape index (κ2) is 89.8. The van der Waals surface area contributed by atoms with Crippen LogP contribution in [-0.4, -0.2) is 638 Å². The largest absolute Gasteiger partial charge is 0 e. The zero-order chi connectivity index (χ0) is 112. The Balaban J connectivity index is -0.0000000822. The molecule has 0 heterocycles. The molecule has 3 N–H and O–H groups in total. The van der Waals surface area contributed by atoms with Gasteiger partial charge in [-0.1, -0.05) is 41.5 Å². The van der Waals surface area contributed by atoms with Gasteiger partial charge in [-0.3, -0.25) is 0 Å². The van der Waals surface area contributed by atoms with Gasteiger partial charge in [-0.05, 0) is 58.5 Å². The van der Waals surface area contributed by atoms with E-state index in [1.165, 1.54) is 46.9 Å². The number of nitrogens with zero attached hydrogens (tertiary/aromatic N) is 12. The second-order valence-corrected chi connectivity index (χ2v) is 92.4. The van der Waals surface area contributed by atoms with Crippen LogP contribution in [0.1, 0.15) is 291 Å². The zero-order valence-electron chi connectivity index (χ0n) is 103. The quantitative estimate of drug-likeness (QED) is 0.0394. The van der Waals surface area contributed by atoms with Crippen molar-refractivity contribution in [3.05, 3.63) is 19.1 Å². The Morgan fingerprint density at radius 3 is 0.681 bits per heavy atom. The van der Waals surface area contributed by atoms with Crippen molar-refractivity contribution in [3.8, 4) is 0 Å². The Morgan fingerprint density at radius 2 is 0.558 bits per heavy atom. The first-order valence-corrected chi connectivity index (χ1v) is 74.2. The van der Waals surface area contributed by atoms with Crippen LogP contribution in [-0.2, 0) is 20.3 Å². The molecule has 16 unspecified atom stereocenters. The Morgan fingerprint density at radius 1 is 0.377 bits per heavy atom. The van der Waals surface area contributed by atoms with Gasteiger partial charge in [0.15, 0.2) is 0 Å². The molecule has 0 amide bonds. The van der Waals surface area contributed by atoms with E-state index in [0.717, 1.165) is 5.57 Å². The normalized spacial score (nSPS) is 16.7. The van der Waals surface area contributed by atoms with E-state index in [9.17, 15) is 10.2 Å². The van der Waals surface area contributed by atoms with Gasteiger partial charge in [0, 0.05) is 47.3 Å². The van der Waals surface area contributed by atoms with E-state index in [4.69, 9.17) is 20.3 Å². The molecule has 0 saturated carbocycles. The molecule has 840 valence electrons. The topological polar surface area (TPSA) is 147 Å². The van der Waals surface area contributed by atoms with Gasteiger partial charge in [0.05, 0.1) is 11.2 Å². The van der Waals surface area contributed by atoms with Crippen molar-refractivity contribution in [1.82, 2.24) is 47.6 Å². The molecule has 0 aromatic rings. The van der Waals surface area contributed by atoms with Crippen LogP contribution >= 0.6 is 0 Å². The fourth-order valence-electron chi connectivity index (χ4n) is 15.3. The maximum atomic E-state index is 10.5. The molecule has 0 saturated heterocycles. The molecule has 0 spiro atoms. The summed E-state index contributed by atoms with van der Waals surface area (Å²) in [5.74, 6) is 6.44. The molecule has 0 aliphatic carbocycles. The third kappa shape index (κ3) is 78.6. The molecular weight excluding hydrogens is 3440 g/mol. The molecule has 0 aromatic carbocycles. The van der Waals surface area contributed by atoms with Gasteiger partial charge in [-0.2, -0.15) is 0 Å². The first kappa shape index (κ1) is 188. The van der Waals surface area contributed by atoms with Gasteiger partial charge >= 0.3 is 895 Å². The van der Waals surface area contributed by atoms with Crippen LogP contribution in [0.25, 0.3) is 0 Å². The van der Waals surface area contributed by atoms with Crippen molar-refractivity contribution in [3.63, 3.8) is 0 Å². The Labute approximate surface area is 1070 Å². The summed E-state index contributed by atoms with van der Waals surface area (Å²) in [6.45, 7) is 99.1. The Bertz CT molecular complexity index is 2630. The summed E-state index contributed by atoms with van der Waals surface area (Å²) in [5.41, 5.74) is -1.26. The molecule has 0 rings (SSSR count). The zero-order valence-corrected chi connectivity index (χ0v) is 144. The summed E-state index contributed by atoms with van der Waals surface area (Å²) in [7, 11) is 55.6. The van der Waals surface area contributed by atoms with Gasteiger partial charge in [-0.25, -0.2) is 19.1 Å². The van der Waals surface area contributed by atoms with Crippen LogP contribution < -0.4 is 5.32 Å². The van der Waals surface area contributed by atoms with Gasteiger partial charge < -0.3 is 15.5 Å². The number of aliphatic hydroxyl groups is 2. The molecule has 20 radical (unpaired) electrons. The Kier molecular flexibility index (Phi) is 122. The minimum Gasteiger partial charge on any atom is 0 e. The van der Waals surface area contributed by atoms with Crippen molar-refractivity contribution in [2.45, 2.75) is 356 Å². The van der Waals surface area contributed by atoms with Crippen LogP contribution in [0.15, 0.2) is 12.2 Å². The predicted octanol–water partition coefficient (Wildman–Crippen LogP) is 15.8. The van der Waals surface area contributed by atoms with E-state index < -0.39 is 81.9 Å². The molecule has 38 heteroatoms. The maximum absolute atomic E-state index is 10.5. The number of hydrogen-bond donors (Lipinski definition) is 3. The molecule has 0 bridgehead atoms. The summed E-state index contributed by atoms with van der Waals surface area (Å²) < 4.78 is 67.1. The van der Waals surface area contributed by atoms with Crippen molar-refractivity contribution in [2.24, 2.45) is 94.7 Å². The number of allylic oxidation sites excluding steroid dienone is 1. The first-order valence-electron chi connectivity index (χ1n) is 48.0. The van der Waals surface area contributed by atoms with E-state index in [-0.39, 0.29) is 152 Å². The molecule has 138 heavy (non-hydrogen) atoms. The molecule has 16 atom stereocenters. The van der Waals surface area contributed by atoms with Crippen LogP contribution in [0.2, 0.25) is 20.3 Å². The minimum atomic E-state index is -3.10. The summed E-state index contributed by atoms with van der Waals surface area (Å²) in [6.07, 6.45) is 0. The van der Waals surface area contributed by atoms with E-state index in [1.54, 1.807) is 33.7 Å². The van der Waals surface area contributed by atoms with Crippen molar-refractivity contribution < 1.29 is 30.6 Å².